The zero-order chi connectivity index (χ0) is 24.6. The number of nitrogens with one attached hydrogen (secondary N) is 1. The lowest BCUT2D eigenvalue weighted by Crippen LogP contribution is -2.49. The van der Waals surface area contributed by atoms with Crippen molar-refractivity contribution in [2.45, 2.75) is 74.6 Å². The SMILES string of the molecule is CCCCC1(CCCC)CN(c2ccccc2)c2cc(SC)c(O/C(C)=C/C(=O)O)cc2SN1. The Kier molecular flexibility index (Phi) is 9.80. The molecule has 5 nitrogen and oxygen atoms in total. The lowest BCUT2D eigenvalue weighted by Gasteiger charge is -2.38. The topological polar surface area (TPSA) is 61.8 Å². The summed E-state index contributed by atoms with van der Waals surface area (Å²) in [6.07, 6.45) is 10.1. The lowest BCUT2D eigenvalue weighted by molar-refractivity contribution is -0.131. The van der Waals surface area contributed by atoms with Gasteiger partial charge in [-0.1, -0.05) is 57.7 Å². The fourth-order valence-electron chi connectivity index (χ4n) is 4.28. The van der Waals surface area contributed by atoms with E-state index in [1.807, 2.05) is 12.3 Å². The average Bonchev–Trinajstić information content (AvgIpc) is 2.98. The molecular formula is C27H36N2O3S2. The van der Waals surface area contributed by atoms with Gasteiger partial charge in [-0.05, 0) is 62.2 Å². The summed E-state index contributed by atoms with van der Waals surface area (Å²) in [7, 11) is 0. The molecule has 1 aliphatic rings. The van der Waals surface area contributed by atoms with Gasteiger partial charge in [0.05, 0.1) is 21.6 Å². The van der Waals surface area contributed by atoms with Crippen LogP contribution in [0.25, 0.3) is 0 Å². The fourth-order valence-corrected chi connectivity index (χ4v) is 5.84. The van der Waals surface area contributed by atoms with Crippen LogP contribution in [-0.4, -0.2) is 29.4 Å². The Morgan fingerprint density at radius 2 is 1.88 bits per heavy atom. The first kappa shape index (κ1) is 26.5. The number of carboxylic acids is 1. The highest BCUT2D eigenvalue weighted by molar-refractivity contribution is 7.98. The minimum absolute atomic E-state index is 0.00871. The molecule has 2 aromatic carbocycles. The van der Waals surface area contributed by atoms with Crippen molar-refractivity contribution in [3.05, 3.63) is 54.3 Å². The molecule has 0 saturated carbocycles. The van der Waals surface area contributed by atoms with Crippen molar-refractivity contribution in [3.63, 3.8) is 0 Å². The maximum Gasteiger partial charge on any atom is 0.331 e. The largest absolute Gasteiger partial charge is 0.478 e. The Hall–Kier alpha value is -2.09. The van der Waals surface area contributed by atoms with Crippen LogP contribution in [0.5, 0.6) is 5.75 Å². The summed E-state index contributed by atoms with van der Waals surface area (Å²) in [5, 5.41) is 9.10. The van der Waals surface area contributed by atoms with Gasteiger partial charge in [-0.3, -0.25) is 4.72 Å². The van der Waals surface area contributed by atoms with Crippen LogP contribution in [0.15, 0.2) is 64.1 Å². The van der Waals surface area contributed by atoms with Crippen LogP contribution in [0.2, 0.25) is 0 Å². The van der Waals surface area contributed by atoms with Crippen molar-refractivity contribution in [2.75, 3.05) is 17.7 Å². The first-order valence-electron chi connectivity index (χ1n) is 12.0. The number of ether oxygens (including phenoxy) is 1. The van der Waals surface area contributed by atoms with E-state index in [1.54, 1.807) is 30.6 Å². The van der Waals surface area contributed by atoms with Crippen LogP contribution in [0.4, 0.5) is 11.4 Å². The number of unbranched alkanes of at least 4 members (excludes halogenated alkanes) is 2. The fraction of sp³-hybridized carbons (Fsp3) is 0.444. The van der Waals surface area contributed by atoms with Gasteiger partial charge in [0.2, 0.25) is 0 Å². The molecular weight excluding hydrogens is 464 g/mol. The molecule has 2 N–H and O–H groups in total. The van der Waals surface area contributed by atoms with Crippen molar-refractivity contribution < 1.29 is 14.6 Å². The number of thioether (sulfide) groups is 1. The summed E-state index contributed by atoms with van der Waals surface area (Å²) in [5.74, 6) is 0.0218. The van der Waals surface area contributed by atoms with Crippen LogP contribution in [0.1, 0.15) is 59.3 Å². The average molecular weight is 501 g/mol. The van der Waals surface area contributed by atoms with Crippen LogP contribution in [0.3, 0.4) is 0 Å². The molecule has 0 aliphatic carbocycles. The summed E-state index contributed by atoms with van der Waals surface area (Å²) in [6, 6.07) is 14.8. The number of para-hydroxylation sites is 1. The molecule has 3 rings (SSSR count). The van der Waals surface area contributed by atoms with E-state index in [2.05, 4.69) is 59.9 Å². The second kappa shape index (κ2) is 12.6. The molecule has 7 heteroatoms. The molecule has 0 amide bonds. The molecule has 184 valence electrons. The highest BCUT2D eigenvalue weighted by Gasteiger charge is 2.36. The van der Waals surface area contributed by atoms with Gasteiger partial charge in [0.1, 0.15) is 11.5 Å². The molecule has 1 aliphatic heterocycles. The molecule has 0 aromatic heterocycles. The molecule has 0 unspecified atom stereocenters. The minimum atomic E-state index is -1.01. The number of rotatable bonds is 11. The predicted molar refractivity (Wildman–Crippen MR) is 144 cm³/mol. The highest BCUT2D eigenvalue weighted by Crippen LogP contribution is 2.46. The van der Waals surface area contributed by atoms with Gasteiger partial charge in [0.15, 0.2) is 0 Å². The molecule has 34 heavy (non-hydrogen) atoms. The van der Waals surface area contributed by atoms with Gasteiger partial charge < -0.3 is 14.7 Å². The number of nitrogens with zero attached hydrogens (tertiary/aromatic N) is 1. The van der Waals surface area contributed by atoms with Gasteiger partial charge in [0, 0.05) is 17.8 Å². The molecule has 0 radical (unpaired) electrons. The van der Waals surface area contributed by atoms with Gasteiger partial charge >= 0.3 is 5.97 Å². The van der Waals surface area contributed by atoms with Crippen molar-refractivity contribution in [1.82, 2.24) is 4.72 Å². The summed E-state index contributed by atoms with van der Waals surface area (Å²) in [4.78, 5) is 15.6. The second-order valence-electron chi connectivity index (χ2n) is 8.78. The van der Waals surface area contributed by atoms with E-state index in [0.717, 1.165) is 40.9 Å². The van der Waals surface area contributed by atoms with Crippen molar-refractivity contribution in [1.29, 1.82) is 0 Å². The number of carboxylic acid groups (broad SMARTS) is 1. The van der Waals surface area contributed by atoms with Crippen LogP contribution in [-0.2, 0) is 4.79 Å². The Labute approximate surface area is 212 Å². The monoisotopic (exact) mass is 500 g/mol. The quantitative estimate of drug-likeness (QED) is 0.142. The minimum Gasteiger partial charge on any atom is -0.478 e. The number of hydrogen-bond donors (Lipinski definition) is 2. The molecule has 0 spiro atoms. The third-order valence-electron chi connectivity index (χ3n) is 6.06. The van der Waals surface area contributed by atoms with Crippen LogP contribution < -0.4 is 14.4 Å². The number of fused-ring (bicyclic) bond motifs is 1. The third-order valence-corrected chi connectivity index (χ3v) is 7.90. The predicted octanol–water partition coefficient (Wildman–Crippen LogP) is 7.64. The molecule has 0 bridgehead atoms. The molecule has 1 heterocycles. The van der Waals surface area contributed by atoms with Crippen molar-refractivity contribution in [3.8, 4) is 5.75 Å². The van der Waals surface area contributed by atoms with Gasteiger partial charge in [-0.2, -0.15) is 0 Å². The normalized spacial score (nSPS) is 15.5. The van der Waals surface area contributed by atoms with E-state index in [0.29, 0.717) is 11.5 Å². The van der Waals surface area contributed by atoms with E-state index in [9.17, 15) is 4.79 Å². The van der Waals surface area contributed by atoms with Crippen LogP contribution in [0, 0.1) is 0 Å². The first-order valence-corrected chi connectivity index (χ1v) is 14.0. The number of anilines is 2. The smallest absolute Gasteiger partial charge is 0.331 e. The number of hydrogen-bond acceptors (Lipinski definition) is 6. The van der Waals surface area contributed by atoms with E-state index in [4.69, 9.17) is 9.84 Å². The summed E-state index contributed by atoms with van der Waals surface area (Å²) < 4.78 is 9.85. The van der Waals surface area contributed by atoms with Gasteiger partial charge in [-0.15, -0.1) is 11.8 Å². The Bertz CT molecular complexity index is 987. The maximum absolute atomic E-state index is 11.1. The number of carbonyl (C=O) groups is 1. The van der Waals surface area contributed by atoms with Crippen molar-refractivity contribution in [2.24, 2.45) is 0 Å². The molecule has 0 fully saturated rings. The standard InChI is InChI=1S/C27H36N2O3S2/c1-5-7-14-27(15-8-6-2)19-29(21-12-10-9-11-13-21)22-17-25(33-4)23(18-24(22)34-28-27)32-20(3)16-26(30)31/h9-13,16-18,28H,5-8,14-15,19H2,1-4H3,(H,30,31)/b20-16+. The van der Waals surface area contributed by atoms with E-state index in [1.165, 1.54) is 31.4 Å². The second-order valence-corrected chi connectivity index (χ2v) is 10.5. The lowest BCUT2D eigenvalue weighted by atomic mass is 9.87. The maximum atomic E-state index is 11.1. The Morgan fingerprint density at radius 3 is 2.47 bits per heavy atom. The number of aliphatic carboxylic acids is 1. The Balaban J connectivity index is 2.09. The van der Waals surface area contributed by atoms with Gasteiger partial charge in [0.25, 0.3) is 0 Å². The van der Waals surface area contributed by atoms with E-state index in [-0.39, 0.29) is 5.54 Å². The van der Waals surface area contributed by atoms with E-state index >= 15 is 0 Å². The number of allylic oxidation sites excluding steroid dienone is 1. The zero-order valence-corrected chi connectivity index (χ0v) is 22.2. The third kappa shape index (κ3) is 6.74. The number of benzene rings is 2. The highest BCUT2D eigenvalue weighted by atomic mass is 32.2. The zero-order valence-electron chi connectivity index (χ0n) is 20.6. The summed E-state index contributed by atoms with van der Waals surface area (Å²) >= 11 is 3.28. The van der Waals surface area contributed by atoms with E-state index < -0.39 is 5.97 Å². The molecule has 2 aromatic rings. The van der Waals surface area contributed by atoms with Crippen molar-refractivity contribution >= 4 is 41.1 Å². The first-order chi connectivity index (χ1) is 16.4. The van der Waals surface area contributed by atoms with Crippen LogP contribution >= 0.6 is 23.7 Å². The summed E-state index contributed by atoms with van der Waals surface area (Å²) in [5.41, 5.74) is 2.31. The molecule has 0 saturated heterocycles. The molecule has 0 atom stereocenters. The summed E-state index contributed by atoms with van der Waals surface area (Å²) in [6.45, 7) is 7.07. The Morgan fingerprint density at radius 1 is 1.21 bits per heavy atom. The van der Waals surface area contributed by atoms with Gasteiger partial charge in [-0.25, -0.2) is 4.79 Å².